The van der Waals surface area contributed by atoms with Crippen LogP contribution in [0.2, 0.25) is 0 Å². The number of hydrogen-bond acceptors (Lipinski definition) is 6. The lowest BCUT2D eigenvalue weighted by molar-refractivity contribution is 0.281. The molecule has 0 bridgehead atoms. The number of nitrogens with one attached hydrogen (secondary N) is 2. The Kier molecular flexibility index (Phi) is 4.77. The number of aliphatic imine (C=N–C) groups is 1. The number of benzene rings is 2. The Labute approximate surface area is 173 Å². The molecule has 7 heteroatoms. The summed E-state index contributed by atoms with van der Waals surface area (Å²) in [6.07, 6.45) is 1.75. The third kappa shape index (κ3) is 3.57. The van der Waals surface area contributed by atoms with Gasteiger partial charge < -0.3 is 19.8 Å². The van der Waals surface area contributed by atoms with Gasteiger partial charge in [0.15, 0.2) is 11.5 Å². The zero-order valence-corrected chi connectivity index (χ0v) is 16.6. The largest absolute Gasteiger partial charge is 0.493 e. The lowest BCUT2D eigenvalue weighted by Crippen LogP contribution is -2.19. The molecule has 150 valence electrons. The minimum atomic E-state index is 0.377. The summed E-state index contributed by atoms with van der Waals surface area (Å²) in [6, 6.07) is 17.7. The number of ether oxygens (including phenoxy) is 2. The van der Waals surface area contributed by atoms with Gasteiger partial charge in [0.1, 0.15) is 18.3 Å². The molecule has 0 amide bonds. The van der Waals surface area contributed by atoms with Gasteiger partial charge in [-0.3, -0.25) is 9.98 Å². The number of pyridine rings is 1. The van der Waals surface area contributed by atoms with Crippen LogP contribution in [0, 0.1) is 0 Å². The highest BCUT2D eigenvalue weighted by atomic mass is 16.5. The number of methoxy groups -OCH3 is 1. The molecule has 2 aromatic heterocycles. The van der Waals surface area contributed by atoms with Crippen LogP contribution < -0.4 is 14.8 Å². The van der Waals surface area contributed by atoms with Gasteiger partial charge in [0, 0.05) is 23.9 Å². The van der Waals surface area contributed by atoms with Gasteiger partial charge in [-0.1, -0.05) is 6.07 Å². The maximum Gasteiger partial charge on any atom is 0.161 e. The SMILES string of the molecule is COc1cc(-c2nc3ccc(C4=NCCN4)cc3[nH]2)ccc1OCc1ccccn1. The molecule has 0 atom stereocenters. The van der Waals surface area contributed by atoms with Crippen molar-refractivity contribution in [2.24, 2.45) is 4.99 Å². The summed E-state index contributed by atoms with van der Waals surface area (Å²) in [5.41, 5.74) is 4.71. The van der Waals surface area contributed by atoms with Crippen molar-refractivity contribution in [2.75, 3.05) is 20.2 Å². The minimum absolute atomic E-state index is 0.377. The fourth-order valence-electron chi connectivity index (χ4n) is 3.45. The Balaban J connectivity index is 1.41. The van der Waals surface area contributed by atoms with Crippen LogP contribution in [-0.4, -0.2) is 41.0 Å². The standard InChI is InChI=1S/C23H21N5O2/c1-29-21-13-16(6-8-20(21)30-14-17-4-2-3-9-24-17)23-27-18-7-5-15(12-19(18)28-23)22-25-10-11-26-22/h2-9,12-13H,10-11,14H2,1H3,(H,25,26)(H,27,28). The molecule has 0 fully saturated rings. The first-order chi connectivity index (χ1) is 14.8. The Bertz CT molecular complexity index is 1220. The van der Waals surface area contributed by atoms with Crippen LogP contribution >= 0.6 is 0 Å². The van der Waals surface area contributed by atoms with Crippen LogP contribution in [0.3, 0.4) is 0 Å². The molecule has 3 heterocycles. The second-order valence-corrected chi connectivity index (χ2v) is 6.95. The molecule has 1 aliphatic heterocycles. The molecule has 30 heavy (non-hydrogen) atoms. The topological polar surface area (TPSA) is 84.4 Å². The fraction of sp³-hybridized carbons (Fsp3) is 0.174. The van der Waals surface area contributed by atoms with Gasteiger partial charge in [-0.05, 0) is 48.5 Å². The van der Waals surface area contributed by atoms with Crippen molar-refractivity contribution in [3.63, 3.8) is 0 Å². The first-order valence-corrected chi connectivity index (χ1v) is 9.80. The molecule has 2 N–H and O–H groups in total. The normalized spacial score (nSPS) is 13.2. The summed E-state index contributed by atoms with van der Waals surface area (Å²) in [4.78, 5) is 16.9. The summed E-state index contributed by atoms with van der Waals surface area (Å²) in [7, 11) is 1.63. The molecule has 0 saturated carbocycles. The van der Waals surface area contributed by atoms with Crippen LogP contribution in [0.15, 0.2) is 65.8 Å². The van der Waals surface area contributed by atoms with Gasteiger partial charge in [0.05, 0.1) is 30.4 Å². The van der Waals surface area contributed by atoms with Gasteiger partial charge in [-0.2, -0.15) is 0 Å². The molecule has 0 spiro atoms. The van der Waals surface area contributed by atoms with E-state index >= 15 is 0 Å². The van der Waals surface area contributed by atoms with Crippen molar-refractivity contribution < 1.29 is 9.47 Å². The first-order valence-electron chi connectivity index (χ1n) is 9.80. The van der Waals surface area contributed by atoms with E-state index in [0.717, 1.165) is 52.6 Å². The maximum atomic E-state index is 5.90. The average Bonchev–Trinajstić information content (AvgIpc) is 3.48. The number of fused-ring (bicyclic) bond motifs is 1. The molecule has 4 aromatic rings. The molecular weight excluding hydrogens is 378 g/mol. The van der Waals surface area contributed by atoms with E-state index in [1.54, 1.807) is 13.3 Å². The van der Waals surface area contributed by atoms with E-state index in [2.05, 4.69) is 26.3 Å². The molecular formula is C23H21N5O2. The minimum Gasteiger partial charge on any atom is -0.493 e. The molecule has 0 saturated heterocycles. The van der Waals surface area contributed by atoms with Crippen LogP contribution in [-0.2, 0) is 6.61 Å². The zero-order chi connectivity index (χ0) is 20.3. The highest BCUT2D eigenvalue weighted by Crippen LogP contribution is 2.33. The Hall–Kier alpha value is -3.87. The van der Waals surface area contributed by atoms with Crippen LogP contribution in [0.25, 0.3) is 22.4 Å². The molecule has 0 unspecified atom stereocenters. The second kappa shape index (κ2) is 7.87. The van der Waals surface area contributed by atoms with Crippen LogP contribution in [0.5, 0.6) is 11.5 Å². The maximum absolute atomic E-state index is 5.90. The average molecular weight is 399 g/mol. The van der Waals surface area contributed by atoms with E-state index in [4.69, 9.17) is 14.5 Å². The molecule has 0 radical (unpaired) electrons. The Morgan fingerprint density at radius 1 is 1.00 bits per heavy atom. The van der Waals surface area contributed by atoms with Gasteiger partial charge in [0.2, 0.25) is 0 Å². The van der Waals surface area contributed by atoms with Crippen molar-refractivity contribution >= 4 is 16.9 Å². The number of aromatic amines is 1. The molecule has 7 nitrogen and oxygen atoms in total. The zero-order valence-electron chi connectivity index (χ0n) is 16.6. The van der Waals surface area contributed by atoms with Gasteiger partial charge in [-0.25, -0.2) is 4.98 Å². The van der Waals surface area contributed by atoms with E-state index < -0.39 is 0 Å². The summed E-state index contributed by atoms with van der Waals surface area (Å²) in [5.74, 6) is 3.02. The lowest BCUT2D eigenvalue weighted by Gasteiger charge is -2.11. The molecule has 2 aromatic carbocycles. The van der Waals surface area contributed by atoms with Crippen molar-refractivity contribution in [1.29, 1.82) is 0 Å². The third-order valence-corrected chi connectivity index (χ3v) is 4.97. The predicted molar refractivity (Wildman–Crippen MR) is 116 cm³/mol. The van der Waals surface area contributed by atoms with Crippen molar-refractivity contribution in [1.82, 2.24) is 20.3 Å². The van der Waals surface area contributed by atoms with E-state index in [1.165, 1.54) is 0 Å². The fourth-order valence-corrected chi connectivity index (χ4v) is 3.45. The monoisotopic (exact) mass is 399 g/mol. The lowest BCUT2D eigenvalue weighted by atomic mass is 10.2. The molecule has 1 aliphatic rings. The summed E-state index contributed by atoms with van der Waals surface area (Å²) in [5, 5.41) is 3.30. The first kappa shape index (κ1) is 18.2. The highest BCUT2D eigenvalue weighted by molar-refractivity contribution is 6.02. The van der Waals surface area contributed by atoms with E-state index in [-0.39, 0.29) is 0 Å². The number of aromatic nitrogens is 3. The second-order valence-electron chi connectivity index (χ2n) is 6.95. The van der Waals surface area contributed by atoms with Crippen LogP contribution in [0.1, 0.15) is 11.3 Å². The van der Waals surface area contributed by atoms with Crippen molar-refractivity contribution in [2.45, 2.75) is 6.61 Å². The third-order valence-electron chi connectivity index (χ3n) is 4.97. The quantitative estimate of drug-likeness (QED) is 0.518. The number of rotatable bonds is 6. The number of H-pyrrole nitrogens is 1. The Morgan fingerprint density at radius 3 is 2.73 bits per heavy atom. The number of hydrogen-bond donors (Lipinski definition) is 2. The number of imidazole rings is 1. The Morgan fingerprint density at radius 2 is 1.93 bits per heavy atom. The molecule has 0 aliphatic carbocycles. The predicted octanol–water partition coefficient (Wildman–Crippen LogP) is 3.56. The van der Waals surface area contributed by atoms with Crippen LogP contribution in [0.4, 0.5) is 0 Å². The summed E-state index contributed by atoms with van der Waals surface area (Å²) >= 11 is 0. The number of nitrogens with zero attached hydrogens (tertiary/aromatic N) is 3. The van der Waals surface area contributed by atoms with Gasteiger partial charge in [-0.15, -0.1) is 0 Å². The molecule has 5 rings (SSSR count). The van der Waals surface area contributed by atoms with E-state index in [1.807, 2.05) is 48.5 Å². The number of amidine groups is 1. The van der Waals surface area contributed by atoms with E-state index in [0.29, 0.717) is 18.1 Å². The smallest absolute Gasteiger partial charge is 0.161 e. The van der Waals surface area contributed by atoms with Gasteiger partial charge in [0.25, 0.3) is 0 Å². The van der Waals surface area contributed by atoms with Gasteiger partial charge >= 0.3 is 0 Å². The van der Waals surface area contributed by atoms with Crippen molar-refractivity contribution in [3.8, 4) is 22.9 Å². The van der Waals surface area contributed by atoms with E-state index in [9.17, 15) is 0 Å². The summed E-state index contributed by atoms with van der Waals surface area (Å²) < 4.78 is 11.4. The highest BCUT2D eigenvalue weighted by Gasteiger charge is 2.13. The summed E-state index contributed by atoms with van der Waals surface area (Å²) in [6.45, 7) is 2.08. The van der Waals surface area contributed by atoms with Crippen molar-refractivity contribution in [3.05, 3.63) is 72.1 Å².